The Labute approximate surface area is 100 Å². The molecular formula is C12H15N5. The Morgan fingerprint density at radius 2 is 2.06 bits per heavy atom. The molecule has 88 valence electrons. The predicted molar refractivity (Wildman–Crippen MR) is 67.4 cm³/mol. The molecule has 2 heterocycles. The van der Waals surface area contributed by atoms with Crippen molar-refractivity contribution in [2.45, 2.75) is 13.0 Å². The molecule has 5 nitrogen and oxygen atoms in total. The van der Waals surface area contributed by atoms with E-state index in [1.54, 1.807) is 6.20 Å². The molecule has 17 heavy (non-hydrogen) atoms. The molecule has 2 rings (SSSR count). The van der Waals surface area contributed by atoms with E-state index in [0.717, 1.165) is 17.2 Å². The third kappa shape index (κ3) is 2.98. The second-order valence-electron chi connectivity index (χ2n) is 3.80. The summed E-state index contributed by atoms with van der Waals surface area (Å²) in [7, 11) is 0. The number of nitrogens with two attached hydrogens (primary N) is 1. The van der Waals surface area contributed by atoms with E-state index < -0.39 is 0 Å². The van der Waals surface area contributed by atoms with Gasteiger partial charge < -0.3 is 11.1 Å². The first kappa shape index (κ1) is 11.5. The van der Waals surface area contributed by atoms with Crippen LogP contribution in [0, 0.1) is 0 Å². The monoisotopic (exact) mass is 229 g/mol. The summed E-state index contributed by atoms with van der Waals surface area (Å²) >= 11 is 0. The van der Waals surface area contributed by atoms with Gasteiger partial charge in [0.1, 0.15) is 11.5 Å². The van der Waals surface area contributed by atoms with Crippen molar-refractivity contribution in [1.29, 1.82) is 0 Å². The van der Waals surface area contributed by atoms with Crippen LogP contribution in [0.15, 0.2) is 36.5 Å². The van der Waals surface area contributed by atoms with Gasteiger partial charge in [0.15, 0.2) is 0 Å². The average Bonchev–Trinajstić information content (AvgIpc) is 2.40. The molecule has 0 saturated carbocycles. The molecule has 1 unspecified atom stereocenters. The standard InChI is InChI=1S/C12H15N5/c1-9(8-13)15-12-6-5-11(16-17-12)10-4-2-3-7-14-10/h2-7,9H,8,13H2,1H3,(H,15,17). The van der Waals surface area contributed by atoms with E-state index in [2.05, 4.69) is 20.5 Å². The molecule has 5 heteroatoms. The molecule has 0 saturated heterocycles. The number of pyridine rings is 1. The third-order valence-electron chi connectivity index (χ3n) is 2.34. The van der Waals surface area contributed by atoms with Crippen LogP contribution in [0.3, 0.4) is 0 Å². The summed E-state index contributed by atoms with van der Waals surface area (Å²) in [5.41, 5.74) is 7.10. The van der Waals surface area contributed by atoms with Crippen LogP contribution >= 0.6 is 0 Å². The van der Waals surface area contributed by atoms with E-state index in [1.165, 1.54) is 0 Å². The van der Waals surface area contributed by atoms with E-state index in [1.807, 2.05) is 37.3 Å². The van der Waals surface area contributed by atoms with Crippen molar-refractivity contribution in [3.63, 3.8) is 0 Å². The van der Waals surface area contributed by atoms with Crippen LogP contribution in [0.5, 0.6) is 0 Å². The molecular weight excluding hydrogens is 214 g/mol. The Morgan fingerprint density at radius 3 is 2.65 bits per heavy atom. The number of aromatic nitrogens is 3. The molecule has 0 aliphatic carbocycles. The number of rotatable bonds is 4. The molecule has 2 aromatic heterocycles. The van der Waals surface area contributed by atoms with Gasteiger partial charge in [-0.3, -0.25) is 4.98 Å². The smallest absolute Gasteiger partial charge is 0.148 e. The zero-order valence-electron chi connectivity index (χ0n) is 9.67. The highest BCUT2D eigenvalue weighted by Crippen LogP contribution is 2.13. The van der Waals surface area contributed by atoms with Gasteiger partial charge in [0, 0.05) is 18.8 Å². The van der Waals surface area contributed by atoms with Gasteiger partial charge in [0.05, 0.1) is 5.69 Å². The van der Waals surface area contributed by atoms with Gasteiger partial charge in [0.25, 0.3) is 0 Å². The van der Waals surface area contributed by atoms with E-state index in [0.29, 0.717) is 6.54 Å². The van der Waals surface area contributed by atoms with E-state index in [4.69, 9.17) is 5.73 Å². The first-order chi connectivity index (χ1) is 8.29. The zero-order chi connectivity index (χ0) is 12.1. The Hall–Kier alpha value is -2.01. The second-order valence-corrected chi connectivity index (χ2v) is 3.80. The number of anilines is 1. The summed E-state index contributed by atoms with van der Waals surface area (Å²) in [6.07, 6.45) is 1.74. The number of nitrogens with one attached hydrogen (secondary N) is 1. The van der Waals surface area contributed by atoms with Crippen LogP contribution in [0.4, 0.5) is 5.82 Å². The van der Waals surface area contributed by atoms with E-state index >= 15 is 0 Å². The highest BCUT2D eigenvalue weighted by Gasteiger charge is 2.03. The van der Waals surface area contributed by atoms with E-state index in [-0.39, 0.29) is 6.04 Å². The lowest BCUT2D eigenvalue weighted by atomic mass is 10.2. The molecule has 0 aliphatic rings. The van der Waals surface area contributed by atoms with Crippen LogP contribution in [0.2, 0.25) is 0 Å². The van der Waals surface area contributed by atoms with Crippen molar-refractivity contribution in [3.05, 3.63) is 36.5 Å². The first-order valence-electron chi connectivity index (χ1n) is 5.51. The van der Waals surface area contributed by atoms with Gasteiger partial charge >= 0.3 is 0 Å². The number of nitrogens with zero attached hydrogens (tertiary/aromatic N) is 3. The normalized spacial score (nSPS) is 12.1. The van der Waals surface area contributed by atoms with Crippen LogP contribution in [-0.4, -0.2) is 27.8 Å². The summed E-state index contributed by atoms with van der Waals surface area (Å²) in [4.78, 5) is 4.21. The summed E-state index contributed by atoms with van der Waals surface area (Å²) in [5, 5.41) is 11.4. The molecule has 0 amide bonds. The lowest BCUT2D eigenvalue weighted by molar-refractivity contribution is 0.792. The van der Waals surface area contributed by atoms with Crippen molar-refractivity contribution in [2.24, 2.45) is 5.73 Å². The third-order valence-corrected chi connectivity index (χ3v) is 2.34. The van der Waals surface area contributed by atoms with Crippen molar-refractivity contribution < 1.29 is 0 Å². The Bertz CT molecular complexity index is 454. The fourth-order valence-electron chi connectivity index (χ4n) is 1.37. The summed E-state index contributed by atoms with van der Waals surface area (Å²) in [6.45, 7) is 2.55. The highest BCUT2D eigenvalue weighted by atomic mass is 15.2. The maximum atomic E-state index is 5.52. The minimum atomic E-state index is 0.185. The molecule has 2 aromatic rings. The minimum absolute atomic E-state index is 0.185. The fraction of sp³-hybridized carbons (Fsp3) is 0.250. The zero-order valence-corrected chi connectivity index (χ0v) is 9.67. The van der Waals surface area contributed by atoms with Crippen molar-refractivity contribution in [1.82, 2.24) is 15.2 Å². The maximum Gasteiger partial charge on any atom is 0.148 e. The van der Waals surface area contributed by atoms with Gasteiger partial charge in [-0.15, -0.1) is 10.2 Å². The van der Waals surface area contributed by atoms with Crippen LogP contribution in [0.1, 0.15) is 6.92 Å². The van der Waals surface area contributed by atoms with Crippen LogP contribution < -0.4 is 11.1 Å². The van der Waals surface area contributed by atoms with Crippen molar-refractivity contribution in [2.75, 3.05) is 11.9 Å². The quantitative estimate of drug-likeness (QED) is 0.826. The first-order valence-corrected chi connectivity index (χ1v) is 5.51. The molecule has 0 bridgehead atoms. The second kappa shape index (κ2) is 5.36. The Kier molecular flexibility index (Phi) is 3.62. The molecule has 3 N–H and O–H groups in total. The average molecular weight is 229 g/mol. The van der Waals surface area contributed by atoms with E-state index in [9.17, 15) is 0 Å². The van der Waals surface area contributed by atoms with Crippen molar-refractivity contribution >= 4 is 5.82 Å². The van der Waals surface area contributed by atoms with Gasteiger partial charge in [-0.2, -0.15) is 0 Å². The summed E-state index contributed by atoms with van der Waals surface area (Å²) in [5.74, 6) is 0.725. The fourth-order valence-corrected chi connectivity index (χ4v) is 1.37. The topological polar surface area (TPSA) is 76.7 Å². The van der Waals surface area contributed by atoms with Gasteiger partial charge in [0.2, 0.25) is 0 Å². The molecule has 0 aromatic carbocycles. The summed E-state index contributed by atoms with van der Waals surface area (Å²) < 4.78 is 0. The van der Waals surface area contributed by atoms with Crippen LogP contribution in [0.25, 0.3) is 11.4 Å². The van der Waals surface area contributed by atoms with Gasteiger partial charge in [-0.05, 0) is 31.2 Å². The van der Waals surface area contributed by atoms with Crippen molar-refractivity contribution in [3.8, 4) is 11.4 Å². The highest BCUT2D eigenvalue weighted by molar-refractivity contribution is 5.54. The largest absolute Gasteiger partial charge is 0.365 e. The molecule has 0 aliphatic heterocycles. The predicted octanol–water partition coefficient (Wildman–Crippen LogP) is 1.30. The lowest BCUT2D eigenvalue weighted by Gasteiger charge is -2.11. The van der Waals surface area contributed by atoms with Gasteiger partial charge in [-0.1, -0.05) is 6.07 Å². The summed E-state index contributed by atoms with van der Waals surface area (Å²) in [6, 6.07) is 9.65. The minimum Gasteiger partial charge on any atom is -0.365 e. The Balaban J connectivity index is 2.13. The van der Waals surface area contributed by atoms with Gasteiger partial charge in [-0.25, -0.2) is 0 Å². The molecule has 0 fully saturated rings. The molecule has 0 spiro atoms. The van der Waals surface area contributed by atoms with Crippen LogP contribution in [-0.2, 0) is 0 Å². The molecule has 1 atom stereocenters. The number of hydrogen-bond acceptors (Lipinski definition) is 5. The maximum absolute atomic E-state index is 5.52. The Morgan fingerprint density at radius 1 is 1.18 bits per heavy atom. The molecule has 0 radical (unpaired) electrons. The number of hydrogen-bond donors (Lipinski definition) is 2. The lowest BCUT2D eigenvalue weighted by Crippen LogP contribution is -2.25. The SMILES string of the molecule is CC(CN)Nc1ccc(-c2ccccn2)nn1.